The summed E-state index contributed by atoms with van der Waals surface area (Å²) >= 11 is 1.73. The molecule has 0 unspecified atom stereocenters. The van der Waals surface area contributed by atoms with Crippen LogP contribution in [0.4, 0.5) is 0 Å². The standard InChI is InChI=1S/C13H28N2O3S2/c1-4-13(5-2,19-3)11-14-20(17,18)15-8-6-12(10-16)7-9-15/h12,14,16H,4-11H2,1-3H3. The van der Waals surface area contributed by atoms with Crippen molar-refractivity contribution in [1.29, 1.82) is 0 Å². The molecule has 0 aromatic carbocycles. The van der Waals surface area contributed by atoms with Crippen LogP contribution < -0.4 is 4.72 Å². The van der Waals surface area contributed by atoms with Crippen molar-refractivity contribution in [3.63, 3.8) is 0 Å². The van der Waals surface area contributed by atoms with E-state index in [-0.39, 0.29) is 17.3 Å². The van der Waals surface area contributed by atoms with E-state index < -0.39 is 10.2 Å². The molecule has 7 heteroatoms. The fraction of sp³-hybridized carbons (Fsp3) is 1.00. The van der Waals surface area contributed by atoms with Crippen molar-refractivity contribution in [2.45, 2.75) is 44.3 Å². The molecular formula is C13H28N2O3S2. The van der Waals surface area contributed by atoms with Gasteiger partial charge in [-0.05, 0) is 37.9 Å². The number of piperidine rings is 1. The van der Waals surface area contributed by atoms with Crippen LogP contribution in [0.1, 0.15) is 39.5 Å². The van der Waals surface area contributed by atoms with E-state index in [2.05, 4.69) is 18.6 Å². The Morgan fingerprint density at radius 3 is 2.25 bits per heavy atom. The second-order valence-electron chi connectivity index (χ2n) is 5.45. The van der Waals surface area contributed by atoms with Crippen LogP contribution in [-0.2, 0) is 10.2 Å². The molecule has 0 bridgehead atoms. The molecule has 0 radical (unpaired) electrons. The summed E-state index contributed by atoms with van der Waals surface area (Å²) in [6.45, 7) is 5.84. The fourth-order valence-electron chi connectivity index (χ4n) is 2.51. The van der Waals surface area contributed by atoms with Gasteiger partial charge in [0.25, 0.3) is 10.2 Å². The average molecular weight is 325 g/mol. The number of aliphatic hydroxyl groups is 1. The zero-order valence-corrected chi connectivity index (χ0v) is 14.4. The molecule has 1 fully saturated rings. The second-order valence-corrected chi connectivity index (χ2v) is 8.47. The third-order valence-electron chi connectivity index (χ3n) is 4.47. The van der Waals surface area contributed by atoms with Crippen LogP contribution in [0.15, 0.2) is 0 Å². The van der Waals surface area contributed by atoms with Crippen LogP contribution in [0.2, 0.25) is 0 Å². The fourth-order valence-corrected chi connectivity index (χ4v) is 4.73. The van der Waals surface area contributed by atoms with Crippen molar-refractivity contribution in [3.05, 3.63) is 0 Å². The van der Waals surface area contributed by atoms with E-state index in [0.717, 1.165) is 25.7 Å². The number of nitrogens with one attached hydrogen (secondary N) is 1. The minimum atomic E-state index is -3.39. The van der Waals surface area contributed by atoms with Crippen molar-refractivity contribution in [2.75, 3.05) is 32.5 Å². The first kappa shape index (κ1) is 18.2. The lowest BCUT2D eigenvalue weighted by Crippen LogP contribution is -2.49. The molecule has 2 N–H and O–H groups in total. The molecule has 1 aliphatic rings. The van der Waals surface area contributed by atoms with Crippen molar-refractivity contribution in [3.8, 4) is 0 Å². The first-order valence-electron chi connectivity index (χ1n) is 7.33. The van der Waals surface area contributed by atoms with Crippen molar-refractivity contribution in [1.82, 2.24) is 9.03 Å². The third-order valence-corrected chi connectivity index (χ3v) is 7.61. The lowest BCUT2D eigenvalue weighted by molar-refractivity contribution is 0.169. The Labute approximate surface area is 127 Å². The predicted octanol–water partition coefficient (Wildman–Crippen LogP) is 1.45. The van der Waals surface area contributed by atoms with Crippen LogP contribution in [-0.4, -0.2) is 55.1 Å². The maximum absolute atomic E-state index is 12.3. The molecule has 0 aromatic heterocycles. The number of rotatable bonds is 8. The number of hydrogen-bond acceptors (Lipinski definition) is 4. The van der Waals surface area contributed by atoms with Gasteiger partial charge in [-0.25, -0.2) is 4.72 Å². The quantitative estimate of drug-likeness (QED) is 0.709. The van der Waals surface area contributed by atoms with Gasteiger partial charge in [0.05, 0.1) is 0 Å². The smallest absolute Gasteiger partial charge is 0.279 e. The van der Waals surface area contributed by atoms with E-state index in [1.807, 2.05) is 6.26 Å². The summed E-state index contributed by atoms with van der Waals surface area (Å²) in [5, 5.41) is 9.10. The van der Waals surface area contributed by atoms with Gasteiger partial charge in [0, 0.05) is 31.0 Å². The van der Waals surface area contributed by atoms with E-state index in [4.69, 9.17) is 5.11 Å². The molecule has 120 valence electrons. The van der Waals surface area contributed by atoms with Gasteiger partial charge in [-0.15, -0.1) is 0 Å². The second kappa shape index (κ2) is 7.98. The molecule has 20 heavy (non-hydrogen) atoms. The summed E-state index contributed by atoms with van der Waals surface area (Å²) in [5.41, 5.74) is 0. The van der Waals surface area contributed by atoms with Crippen LogP contribution in [0, 0.1) is 5.92 Å². The zero-order chi connectivity index (χ0) is 15.2. The Morgan fingerprint density at radius 1 is 1.30 bits per heavy atom. The van der Waals surface area contributed by atoms with Gasteiger partial charge in [0.15, 0.2) is 0 Å². The van der Waals surface area contributed by atoms with Gasteiger partial charge in [0.2, 0.25) is 0 Å². The normalized spacial score (nSPS) is 19.4. The SMILES string of the molecule is CCC(CC)(CNS(=O)(=O)N1CCC(CO)CC1)SC. The van der Waals surface area contributed by atoms with Crippen LogP contribution >= 0.6 is 11.8 Å². The summed E-state index contributed by atoms with van der Waals surface area (Å²) in [4.78, 5) is 0. The van der Waals surface area contributed by atoms with Crippen LogP contribution in [0.25, 0.3) is 0 Å². The van der Waals surface area contributed by atoms with Crippen LogP contribution in [0.3, 0.4) is 0 Å². The molecule has 0 atom stereocenters. The molecule has 0 saturated carbocycles. The highest BCUT2D eigenvalue weighted by Gasteiger charge is 2.31. The molecule has 1 aliphatic heterocycles. The largest absolute Gasteiger partial charge is 0.396 e. The number of aliphatic hydroxyl groups excluding tert-OH is 1. The van der Waals surface area contributed by atoms with E-state index in [0.29, 0.717) is 19.6 Å². The highest BCUT2D eigenvalue weighted by molar-refractivity contribution is 8.00. The van der Waals surface area contributed by atoms with E-state index in [9.17, 15) is 8.42 Å². The summed E-state index contributed by atoms with van der Waals surface area (Å²) in [5.74, 6) is 0.248. The Morgan fingerprint density at radius 2 is 1.85 bits per heavy atom. The Hall–Kier alpha value is 0.180. The average Bonchev–Trinajstić information content (AvgIpc) is 2.49. The van der Waals surface area contributed by atoms with Gasteiger partial charge in [0.1, 0.15) is 0 Å². The first-order chi connectivity index (χ1) is 9.43. The Balaban J connectivity index is 2.58. The minimum Gasteiger partial charge on any atom is -0.396 e. The Bertz CT molecular complexity index is 367. The molecule has 5 nitrogen and oxygen atoms in total. The molecule has 1 rings (SSSR count). The lowest BCUT2D eigenvalue weighted by Gasteiger charge is -2.33. The van der Waals surface area contributed by atoms with Crippen molar-refractivity contribution in [2.24, 2.45) is 5.92 Å². The summed E-state index contributed by atoms with van der Waals surface area (Å²) < 4.78 is 28.9. The van der Waals surface area contributed by atoms with Crippen molar-refractivity contribution < 1.29 is 13.5 Å². The molecule has 0 aromatic rings. The predicted molar refractivity (Wildman–Crippen MR) is 85.1 cm³/mol. The maximum atomic E-state index is 12.3. The zero-order valence-electron chi connectivity index (χ0n) is 12.8. The highest BCUT2D eigenvalue weighted by atomic mass is 32.2. The lowest BCUT2D eigenvalue weighted by atomic mass is 10.00. The first-order valence-corrected chi connectivity index (χ1v) is 10.00. The number of thioether (sulfide) groups is 1. The molecule has 0 aliphatic carbocycles. The van der Waals surface area contributed by atoms with E-state index >= 15 is 0 Å². The van der Waals surface area contributed by atoms with Gasteiger partial charge in [-0.2, -0.15) is 24.5 Å². The highest BCUT2D eigenvalue weighted by Crippen LogP contribution is 2.30. The minimum absolute atomic E-state index is 0.0174. The molecule has 1 heterocycles. The van der Waals surface area contributed by atoms with Gasteiger partial charge in [-0.3, -0.25) is 0 Å². The molecule has 1 saturated heterocycles. The van der Waals surface area contributed by atoms with Gasteiger partial charge >= 0.3 is 0 Å². The molecular weight excluding hydrogens is 296 g/mol. The van der Waals surface area contributed by atoms with Crippen molar-refractivity contribution >= 4 is 22.0 Å². The number of hydrogen-bond donors (Lipinski definition) is 2. The monoisotopic (exact) mass is 324 g/mol. The maximum Gasteiger partial charge on any atom is 0.279 e. The van der Waals surface area contributed by atoms with Crippen LogP contribution in [0.5, 0.6) is 0 Å². The topological polar surface area (TPSA) is 69.6 Å². The summed E-state index contributed by atoms with van der Waals surface area (Å²) in [6.07, 6.45) is 5.41. The summed E-state index contributed by atoms with van der Waals surface area (Å²) in [6, 6.07) is 0. The molecule has 0 amide bonds. The Kier molecular flexibility index (Phi) is 7.28. The van der Waals surface area contributed by atoms with E-state index in [1.54, 1.807) is 11.8 Å². The van der Waals surface area contributed by atoms with Gasteiger partial charge < -0.3 is 5.11 Å². The molecule has 0 spiro atoms. The number of nitrogens with zero attached hydrogens (tertiary/aromatic N) is 1. The van der Waals surface area contributed by atoms with E-state index in [1.165, 1.54) is 4.31 Å². The summed E-state index contributed by atoms with van der Waals surface area (Å²) in [7, 11) is -3.39. The van der Waals surface area contributed by atoms with Gasteiger partial charge in [-0.1, -0.05) is 13.8 Å². The third kappa shape index (κ3) is 4.59.